The fraction of sp³-hybridized carbons (Fsp3) is 0.630. The van der Waals surface area contributed by atoms with Crippen molar-refractivity contribution in [1.82, 2.24) is 19.4 Å². The SMILES string of the molecule is C[C@@H]1CN([C@@H](C)CO)C(=O)c2cc(NS(=O)(=O)c3cn(C)cn3)ccc2O[C@@H](C)CCCCO[C@H]1CN(C)C. The summed E-state index contributed by atoms with van der Waals surface area (Å²) in [6.45, 7) is 7.22. The van der Waals surface area contributed by atoms with Crippen LogP contribution in [0.25, 0.3) is 0 Å². The molecule has 4 atom stereocenters. The summed E-state index contributed by atoms with van der Waals surface area (Å²) in [6, 6.07) is 4.21. The van der Waals surface area contributed by atoms with Gasteiger partial charge in [0.2, 0.25) is 0 Å². The van der Waals surface area contributed by atoms with Gasteiger partial charge < -0.3 is 28.9 Å². The molecule has 0 radical (unpaired) electrons. The maximum absolute atomic E-state index is 14.1. The number of fused-ring (bicyclic) bond motifs is 1. The van der Waals surface area contributed by atoms with E-state index in [-0.39, 0.29) is 46.9 Å². The van der Waals surface area contributed by atoms with Crippen molar-refractivity contribution in [1.29, 1.82) is 0 Å². The lowest BCUT2D eigenvalue weighted by Crippen LogP contribution is -2.47. The number of sulfonamides is 1. The second-order valence-electron chi connectivity index (χ2n) is 10.8. The van der Waals surface area contributed by atoms with E-state index < -0.39 is 16.1 Å². The summed E-state index contributed by atoms with van der Waals surface area (Å²) in [6.07, 6.45) is 5.10. The molecule has 0 spiro atoms. The molecule has 1 aromatic heterocycles. The summed E-state index contributed by atoms with van der Waals surface area (Å²) < 4.78 is 42.4. The van der Waals surface area contributed by atoms with Crippen LogP contribution in [0.1, 0.15) is 50.4 Å². The predicted molar refractivity (Wildman–Crippen MR) is 149 cm³/mol. The molecule has 1 aliphatic rings. The molecule has 1 aromatic carbocycles. The number of nitrogens with zero attached hydrogens (tertiary/aromatic N) is 4. The first-order chi connectivity index (χ1) is 18.4. The highest BCUT2D eigenvalue weighted by Crippen LogP contribution is 2.29. The van der Waals surface area contributed by atoms with E-state index >= 15 is 0 Å². The van der Waals surface area contributed by atoms with Crippen molar-refractivity contribution in [2.75, 3.05) is 45.1 Å². The smallest absolute Gasteiger partial charge is 0.280 e. The number of ether oxygens (including phenoxy) is 2. The highest BCUT2D eigenvalue weighted by atomic mass is 32.2. The zero-order chi connectivity index (χ0) is 28.7. The fourth-order valence-corrected chi connectivity index (χ4v) is 5.58. The normalized spacial score (nSPS) is 22.6. The Labute approximate surface area is 232 Å². The van der Waals surface area contributed by atoms with E-state index in [1.165, 1.54) is 18.6 Å². The Morgan fingerprint density at radius 2 is 2.00 bits per heavy atom. The third kappa shape index (κ3) is 8.41. The number of benzene rings is 1. The van der Waals surface area contributed by atoms with Gasteiger partial charge >= 0.3 is 0 Å². The van der Waals surface area contributed by atoms with Crippen LogP contribution in [0.2, 0.25) is 0 Å². The lowest BCUT2D eigenvalue weighted by molar-refractivity contribution is -0.0137. The van der Waals surface area contributed by atoms with Crippen molar-refractivity contribution in [2.45, 2.75) is 63.3 Å². The molecule has 2 N–H and O–H groups in total. The molecule has 39 heavy (non-hydrogen) atoms. The topological polar surface area (TPSA) is 126 Å². The maximum atomic E-state index is 14.1. The van der Waals surface area contributed by atoms with Crippen molar-refractivity contribution in [3.8, 4) is 5.75 Å². The van der Waals surface area contributed by atoms with E-state index in [1.807, 2.05) is 27.9 Å². The predicted octanol–water partition coefficient (Wildman–Crippen LogP) is 2.58. The fourth-order valence-electron chi connectivity index (χ4n) is 4.54. The highest BCUT2D eigenvalue weighted by molar-refractivity contribution is 7.92. The second kappa shape index (κ2) is 13.6. The van der Waals surface area contributed by atoms with Gasteiger partial charge in [0.15, 0.2) is 5.03 Å². The number of anilines is 1. The molecule has 1 aliphatic heterocycles. The number of carbonyl (C=O) groups excluding carboxylic acids is 1. The average molecular weight is 566 g/mol. The number of hydrogen-bond acceptors (Lipinski definition) is 8. The Bertz CT molecular complexity index is 1200. The van der Waals surface area contributed by atoms with Gasteiger partial charge in [-0.05, 0) is 65.4 Å². The number of aromatic nitrogens is 2. The third-order valence-electron chi connectivity index (χ3n) is 6.81. The van der Waals surface area contributed by atoms with Crippen LogP contribution in [-0.2, 0) is 21.8 Å². The van der Waals surface area contributed by atoms with Crippen molar-refractivity contribution in [3.05, 3.63) is 36.3 Å². The van der Waals surface area contributed by atoms with Gasteiger partial charge in [-0.1, -0.05) is 6.92 Å². The molecule has 3 rings (SSSR count). The number of rotatable bonds is 7. The number of likely N-dealkylation sites (N-methyl/N-ethyl adjacent to an activating group) is 1. The number of nitrogens with one attached hydrogen (secondary N) is 1. The summed E-state index contributed by atoms with van der Waals surface area (Å²) in [5.41, 5.74) is 0.432. The highest BCUT2D eigenvalue weighted by Gasteiger charge is 2.30. The molecule has 12 heteroatoms. The molecular weight excluding hydrogens is 522 g/mol. The van der Waals surface area contributed by atoms with Gasteiger partial charge in [-0.25, -0.2) is 4.98 Å². The van der Waals surface area contributed by atoms with Crippen LogP contribution in [0.3, 0.4) is 0 Å². The Morgan fingerprint density at radius 1 is 1.26 bits per heavy atom. The molecule has 0 unspecified atom stereocenters. The summed E-state index contributed by atoms with van der Waals surface area (Å²) in [5.74, 6) is -0.0122. The molecule has 0 aliphatic carbocycles. The summed E-state index contributed by atoms with van der Waals surface area (Å²) in [7, 11) is 1.69. The van der Waals surface area contributed by atoms with Crippen LogP contribution in [0, 0.1) is 5.92 Å². The number of carbonyl (C=O) groups is 1. The Morgan fingerprint density at radius 3 is 2.64 bits per heavy atom. The van der Waals surface area contributed by atoms with Crippen molar-refractivity contribution >= 4 is 21.6 Å². The second-order valence-corrected chi connectivity index (χ2v) is 12.4. The number of imidazole rings is 1. The molecule has 11 nitrogen and oxygen atoms in total. The Hall–Kier alpha value is -2.67. The van der Waals surface area contributed by atoms with Crippen molar-refractivity contribution in [2.24, 2.45) is 13.0 Å². The van der Waals surface area contributed by atoms with E-state index in [0.717, 1.165) is 19.3 Å². The number of aliphatic hydroxyl groups is 1. The molecule has 0 bridgehead atoms. The van der Waals surface area contributed by atoms with Gasteiger partial charge in [-0.2, -0.15) is 8.42 Å². The monoisotopic (exact) mass is 565 g/mol. The van der Waals surface area contributed by atoms with Gasteiger partial charge in [0.05, 0.1) is 36.7 Å². The summed E-state index contributed by atoms with van der Waals surface area (Å²) >= 11 is 0. The molecule has 0 fully saturated rings. The summed E-state index contributed by atoms with van der Waals surface area (Å²) in [4.78, 5) is 21.7. The minimum atomic E-state index is -3.97. The van der Waals surface area contributed by atoms with E-state index in [1.54, 1.807) is 35.6 Å². The minimum Gasteiger partial charge on any atom is -0.490 e. The molecule has 218 valence electrons. The number of aliphatic hydroxyl groups excluding tert-OH is 1. The van der Waals surface area contributed by atoms with Gasteiger partial charge in [0, 0.05) is 44.5 Å². The Kier molecular flexibility index (Phi) is 10.8. The van der Waals surface area contributed by atoms with Crippen LogP contribution in [0.15, 0.2) is 35.7 Å². The van der Waals surface area contributed by atoms with Gasteiger partial charge in [0.1, 0.15) is 5.75 Å². The molecule has 0 saturated heterocycles. The lowest BCUT2D eigenvalue weighted by Gasteiger charge is -2.35. The zero-order valence-electron chi connectivity index (χ0n) is 23.8. The first kappa shape index (κ1) is 30.9. The van der Waals surface area contributed by atoms with Gasteiger partial charge in [-0.15, -0.1) is 0 Å². The van der Waals surface area contributed by atoms with Crippen LogP contribution >= 0.6 is 0 Å². The van der Waals surface area contributed by atoms with E-state index in [4.69, 9.17) is 9.47 Å². The lowest BCUT2D eigenvalue weighted by atomic mass is 10.0. The van der Waals surface area contributed by atoms with Crippen molar-refractivity contribution < 1.29 is 27.8 Å². The first-order valence-corrected chi connectivity index (χ1v) is 14.9. The first-order valence-electron chi connectivity index (χ1n) is 13.4. The molecule has 1 amide bonds. The third-order valence-corrected chi connectivity index (χ3v) is 8.07. The molecule has 0 saturated carbocycles. The quantitative estimate of drug-likeness (QED) is 0.525. The van der Waals surface area contributed by atoms with E-state index in [2.05, 4.69) is 14.6 Å². The summed E-state index contributed by atoms with van der Waals surface area (Å²) in [5, 5.41) is 9.91. The van der Waals surface area contributed by atoms with Crippen LogP contribution in [-0.4, -0.2) is 97.4 Å². The Balaban J connectivity index is 2.02. The van der Waals surface area contributed by atoms with Crippen LogP contribution < -0.4 is 9.46 Å². The maximum Gasteiger partial charge on any atom is 0.280 e. The minimum absolute atomic E-state index is 0.0255. The van der Waals surface area contributed by atoms with Gasteiger partial charge in [0.25, 0.3) is 15.9 Å². The molecular formula is C27H43N5O6S. The number of amides is 1. The van der Waals surface area contributed by atoms with Crippen molar-refractivity contribution in [3.63, 3.8) is 0 Å². The van der Waals surface area contributed by atoms with Gasteiger partial charge in [-0.3, -0.25) is 9.52 Å². The van der Waals surface area contributed by atoms with Crippen LogP contribution in [0.4, 0.5) is 5.69 Å². The largest absolute Gasteiger partial charge is 0.490 e. The van der Waals surface area contributed by atoms with E-state index in [9.17, 15) is 18.3 Å². The van der Waals surface area contributed by atoms with E-state index in [0.29, 0.717) is 25.4 Å². The number of hydrogen-bond donors (Lipinski definition) is 2. The zero-order valence-corrected chi connectivity index (χ0v) is 24.6. The standard InChI is InChI=1S/C27H43N5O6S/c1-19-14-32(20(2)17-33)27(34)23-13-22(29-39(35,36)26-16-31(6)18-28-26)10-11-24(23)38-21(3)9-7-8-12-37-25(19)15-30(4)5/h10-11,13,16,18-21,25,29,33H,7-9,12,14-15,17H2,1-6H3/t19-,20+,21+,25+/m1/s1. The average Bonchev–Trinajstić information content (AvgIpc) is 3.32. The molecule has 2 aromatic rings. The number of aryl methyl sites for hydroxylation is 1. The van der Waals surface area contributed by atoms with Crippen LogP contribution in [0.5, 0.6) is 5.75 Å². The molecule has 2 heterocycles.